The van der Waals surface area contributed by atoms with Crippen LogP contribution in [0.5, 0.6) is 0 Å². The highest BCUT2D eigenvalue weighted by Crippen LogP contribution is 2.32. The molecule has 0 unspecified atom stereocenters. The summed E-state index contributed by atoms with van der Waals surface area (Å²) in [5.41, 5.74) is 0. The number of alkyl halides is 6. The van der Waals surface area contributed by atoms with Gasteiger partial charge in [0.05, 0.1) is 13.1 Å². The molecule has 0 aromatic carbocycles. The minimum absolute atomic E-state index is 0.155. The van der Waals surface area contributed by atoms with E-state index in [9.17, 15) is 4.79 Å². The van der Waals surface area contributed by atoms with E-state index in [0.29, 0.717) is 26.2 Å². The zero-order valence-corrected chi connectivity index (χ0v) is 14.3. The summed E-state index contributed by atoms with van der Waals surface area (Å²) in [7, 11) is 0. The Hall–Kier alpha value is 0.970. The first-order chi connectivity index (χ1) is 8.58. The Kier molecular flexibility index (Phi) is 6.92. The summed E-state index contributed by atoms with van der Waals surface area (Å²) >= 11 is 34.3. The Morgan fingerprint density at radius 3 is 1.79 bits per heavy atom. The lowest BCUT2D eigenvalue weighted by atomic mass is 10.4. The van der Waals surface area contributed by atoms with Gasteiger partial charge in [-0.15, -0.1) is 0 Å². The normalized spacial score (nSPS) is 17.5. The summed E-state index contributed by atoms with van der Waals surface area (Å²) in [4.78, 5) is 15.1. The van der Waals surface area contributed by atoms with Crippen molar-refractivity contribution in [3.63, 3.8) is 0 Å². The van der Waals surface area contributed by atoms with Crippen molar-refractivity contribution < 1.29 is 4.79 Å². The van der Waals surface area contributed by atoms with Crippen LogP contribution in [0.15, 0.2) is 0 Å². The Balaban J connectivity index is 2.73. The van der Waals surface area contributed by atoms with Gasteiger partial charge in [-0.3, -0.25) is 0 Å². The predicted octanol–water partition coefficient (Wildman–Crippen LogP) is 3.07. The molecule has 0 N–H and O–H groups in total. The number of hydrogen-bond donors (Lipinski definition) is 0. The van der Waals surface area contributed by atoms with E-state index in [0.717, 1.165) is 0 Å². The van der Waals surface area contributed by atoms with Gasteiger partial charge in [0.25, 0.3) is 0 Å². The number of amides is 2. The molecule has 0 aromatic rings. The molecule has 0 aromatic heterocycles. The molecular weight excluding hydrogens is 379 g/mol. The molecule has 1 saturated heterocycles. The minimum atomic E-state index is -1.63. The van der Waals surface area contributed by atoms with Crippen LogP contribution in [-0.2, 0) is 0 Å². The molecule has 1 heterocycles. The topological polar surface area (TPSA) is 37.7 Å². The van der Waals surface area contributed by atoms with Crippen molar-refractivity contribution in [2.45, 2.75) is 7.59 Å². The molecule has 2 amide bonds. The molecule has 0 spiro atoms. The molecule has 1 fully saturated rings. The van der Waals surface area contributed by atoms with Crippen LogP contribution < -0.4 is 5.32 Å². The van der Waals surface area contributed by atoms with Crippen LogP contribution in [0.4, 0.5) is 4.79 Å². The van der Waals surface area contributed by atoms with Crippen molar-refractivity contribution in [3.8, 4) is 0 Å². The lowest BCUT2D eigenvalue weighted by Crippen LogP contribution is -2.53. The van der Waals surface area contributed by atoms with E-state index in [-0.39, 0.29) is 19.1 Å². The zero-order chi connectivity index (χ0) is 14.7. The number of piperazine rings is 1. The molecule has 0 atom stereocenters. The Bertz CT molecular complexity index is 294. The van der Waals surface area contributed by atoms with Gasteiger partial charge in [-0.05, 0) is 0 Å². The fourth-order valence-corrected chi connectivity index (χ4v) is 2.49. The zero-order valence-electron chi connectivity index (χ0n) is 9.76. The van der Waals surface area contributed by atoms with Gasteiger partial charge in [0, 0.05) is 26.2 Å². The highest BCUT2D eigenvalue weighted by molar-refractivity contribution is 6.68. The quantitative estimate of drug-likeness (QED) is 0.668. The molecular formula is C9H12Cl6N3O. The van der Waals surface area contributed by atoms with Crippen molar-refractivity contribution in [1.29, 1.82) is 0 Å². The molecule has 0 bridgehead atoms. The van der Waals surface area contributed by atoms with Crippen LogP contribution in [-0.4, -0.2) is 62.7 Å². The summed E-state index contributed by atoms with van der Waals surface area (Å²) in [6.45, 7) is 1.88. The van der Waals surface area contributed by atoms with Gasteiger partial charge in [-0.1, -0.05) is 69.6 Å². The maximum atomic E-state index is 12.3. The van der Waals surface area contributed by atoms with Crippen LogP contribution in [0.2, 0.25) is 0 Å². The van der Waals surface area contributed by atoms with E-state index in [1.807, 2.05) is 0 Å². The van der Waals surface area contributed by atoms with Crippen molar-refractivity contribution in [3.05, 3.63) is 0 Å². The second kappa shape index (κ2) is 7.30. The van der Waals surface area contributed by atoms with E-state index in [2.05, 4.69) is 5.32 Å². The summed E-state index contributed by atoms with van der Waals surface area (Å²) in [5, 5.41) is 4.15. The van der Waals surface area contributed by atoms with E-state index < -0.39 is 7.59 Å². The average Bonchev–Trinajstić information content (AvgIpc) is 2.24. The Morgan fingerprint density at radius 1 is 1.00 bits per heavy atom. The maximum Gasteiger partial charge on any atom is 0.320 e. The van der Waals surface area contributed by atoms with Crippen LogP contribution in [0, 0.1) is 0 Å². The summed E-state index contributed by atoms with van der Waals surface area (Å²) < 4.78 is -3.27. The number of urea groups is 1. The first kappa shape index (κ1) is 18.0. The van der Waals surface area contributed by atoms with Crippen molar-refractivity contribution in [2.24, 2.45) is 0 Å². The van der Waals surface area contributed by atoms with Gasteiger partial charge in [0.15, 0.2) is 0 Å². The van der Waals surface area contributed by atoms with E-state index in [1.54, 1.807) is 4.90 Å². The number of carbonyl (C=O) groups is 1. The summed E-state index contributed by atoms with van der Waals surface area (Å²) in [6.07, 6.45) is 0. The van der Waals surface area contributed by atoms with Crippen molar-refractivity contribution in [1.82, 2.24) is 15.1 Å². The molecule has 1 rings (SSSR count). The summed E-state index contributed by atoms with van der Waals surface area (Å²) in [6, 6.07) is -0.326. The number of carbonyl (C=O) groups excluding carboxylic acids is 1. The lowest BCUT2D eigenvalue weighted by Gasteiger charge is -2.35. The number of nitrogens with zero attached hydrogens (tertiary/aromatic N) is 3. The molecule has 19 heavy (non-hydrogen) atoms. The third-order valence-corrected chi connectivity index (χ3v) is 3.05. The standard InChI is InChI=1S/C9H12Cl6N3O/c10-8(11,12)5-18(6-9(13,14)15)7(19)17-3-1-16-2-4-17/h1-6H2. The molecule has 1 aliphatic heterocycles. The summed E-state index contributed by atoms with van der Waals surface area (Å²) in [5.74, 6) is 0. The van der Waals surface area contributed by atoms with Gasteiger partial charge in [0.1, 0.15) is 0 Å². The van der Waals surface area contributed by atoms with Gasteiger partial charge in [0.2, 0.25) is 7.59 Å². The Labute approximate surface area is 142 Å². The SMILES string of the molecule is O=C(N1CC[N]CC1)N(CC(Cl)(Cl)Cl)CC(Cl)(Cl)Cl. The predicted molar refractivity (Wildman–Crippen MR) is 81.0 cm³/mol. The van der Waals surface area contributed by atoms with Gasteiger partial charge in [-0.25, -0.2) is 10.1 Å². The van der Waals surface area contributed by atoms with Crippen LogP contribution in [0.25, 0.3) is 0 Å². The molecule has 1 radical (unpaired) electrons. The monoisotopic (exact) mass is 388 g/mol. The van der Waals surface area contributed by atoms with Gasteiger partial charge < -0.3 is 9.80 Å². The fraction of sp³-hybridized carbons (Fsp3) is 0.889. The first-order valence-corrected chi connectivity index (χ1v) is 7.66. The van der Waals surface area contributed by atoms with E-state index in [4.69, 9.17) is 69.6 Å². The van der Waals surface area contributed by atoms with Crippen molar-refractivity contribution in [2.75, 3.05) is 39.3 Å². The molecule has 1 aliphatic rings. The fourth-order valence-electron chi connectivity index (χ4n) is 1.62. The minimum Gasteiger partial charge on any atom is -0.322 e. The molecule has 4 nitrogen and oxygen atoms in total. The average molecular weight is 391 g/mol. The smallest absolute Gasteiger partial charge is 0.320 e. The third kappa shape index (κ3) is 7.51. The third-order valence-electron chi connectivity index (χ3n) is 2.34. The van der Waals surface area contributed by atoms with Crippen LogP contribution in [0.1, 0.15) is 0 Å². The molecule has 0 saturated carbocycles. The van der Waals surface area contributed by atoms with E-state index in [1.165, 1.54) is 4.90 Å². The van der Waals surface area contributed by atoms with Gasteiger partial charge in [-0.2, -0.15) is 0 Å². The van der Waals surface area contributed by atoms with E-state index >= 15 is 0 Å². The first-order valence-electron chi connectivity index (χ1n) is 5.39. The van der Waals surface area contributed by atoms with Gasteiger partial charge >= 0.3 is 6.03 Å². The lowest BCUT2D eigenvalue weighted by molar-refractivity contribution is 0.147. The second-order valence-corrected chi connectivity index (χ2v) is 9.06. The van der Waals surface area contributed by atoms with Crippen molar-refractivity contribution >= 4 is 75.6 Å². The Morgan fingerprint density at radius 2 is 1.42 bits per heavy atom. The largest absolute Gasteiger partial charge is 0.322 e. The highest BCUT2D eigenvalue weighted by atomic mass is 35.6. The number of halogens is 6. The van der Waals surface area contributed by atoms with Crippen LogP contribution >= 0.6 is 69.6 Å². The molecule has 111 valence electrons. The second-order valence-electron chi connectivity index (χ2n) is 4.03. The number of hydrogen-bond acceptors (Lipinski definition) is 1. The van der Waals surface area contributed by atoms with Crippen LogP contribution in [0.3, 0.4) is 0 Å². The highest BCUT2D eigenvalue weighted by Gasteiger charge is 2.35. The number of rotatable bonds is 2. The molecule has 10 heteroatoms. The molecule has 0 aliphatic carbocycles. The maximum absolute atomic E-state index is 12.3.